The number of anilines is 2. The Labute approximate surface area is 174 Å². The van der Waals surface area contributed by atoms with E-state index >= 15 is 0 Å². The topological polar surface area (TPSA) is 77.0 Å². The van der Waals surface area contributed by atoms with Crippen LogP contribution < -0.4 is 5.32 Å². The molecule has 5 rings (SSSR count). The van der Waals surface area contributed by atoms with Gasteiger partial charge in [0.1, 0.15) is 17.7 Å². The molecule has 0 atom stereocenters. The van der Waals surface area contributed by atoms with E-state index in [2.05, 4.69) is 20.3 Å². The van der Waals surface area contributed by atoms with Gasteiger partial charge in [-0.3, -0.25) is 0 Å². The molecule has 148 valence electrons. The first-order valence-corrected chi connectivity index (χ1v) is 9.89. The summed E-state index contributed by atoms with van der Waals surface area (Å²) >= 11 is 0. The van der Waals surface area contributed by atoms with E-state index in [4.69, 9.17) is 4.74 Å². The highest BCUT2D eigenvalue weighted by Crippen LogP contribution is 2.41. The summed E-state index contributed by atoms with van der Waals surface area (Å²) in [5, 5.41) is 4.21. The average Bonchev–Trinajstić information content (AvgIpc) is 3.65. The van der Waals surface area contributed by atoms with E-state index in [0.717, 1.165) is 46.3 Å². The van der Waals surface area contributed by atoms with Crippen molar-refractivity contribution in [3.05, 3.63) is 78.2 Å². The van der Waals surface area contributed by atoms with Crippen molar-refractivity contribution in [2.24, 2.45) is 0 Å². The Morgan fingerprint density at radius 2 is 1.87 bits per heavy atom. The maximum absolute atomic E-state index is 12.4. The van der Waals surface area contributed by atoms with Gasteiger partial charge < -0.3 is 10.1 Å². The zero-order valence-corrected chi connectivity index (χ0v) is 16.5. The average molecular weight is 396 g/mol. The molecule has 0 saturated heterocycles. The van der Waals surface area contributed by atoms with Gasteiger partial charge in [0.25, 0.3) is 0 Å². The van der Waals surface area contributed by atoms with Gasteiger partial charge in [-0.2, -0.15) is 0 Å². The minimum absolute atomic E-state index is 0.410. The molecular weight excluding hydrogens is 376 g/mol. The summed E-state index contributed by atoms with van der Waals surface area (Å²) in [5.74, 6) is 0.541. The number of nitrogens with zero attached hydrogens (tertiary/aromatic N) is 3. The van der Waals surface area contributed by atoms with E-state index < -0.39 is 5.97 Å². The Morgan fingerprint density at radius 1 is 1.03 bits per heavy atom. The van der Waals surface area contributed by atoms with Crippen molar-refractivity contribution in [2.75, 3.05) is 12.4 Å². The number of hydrogen-bond acceptors (Lipinski definition) is 6. The van der Waals surface area contributed by atoms with E-state index in [1.165, 1.54) is 7.11 Å². The number of nitrogens with one attached hydrogen (secondary N) is 1. The number of esters is 1. The number of rotatable bonds is 5. The van der Waals surface area contributed by atoms with Gasteiger partial charge in [0.15, 0.2) is 0 Å². The second kappa shape index (κ2) is 7.55. The highest BCUT2D eigenvalue weighted by atomic mass is 16.5. The Kier molecular flexibility index (Phi) is 4.59. The lowest BCUT2D eigenvalue weighted by Gasteiger charge is -2.13. The standard InChI is InChI=1S/C24H20N4O2/c1-30-24(29)19-12-17(15-10-11-15)13-25-23(19)28-20-9-5-8-18-21(26-14-27-22(18)20)16-6-3-2-4-7-16/h2-9,12-15H,10-11H2,1H3,(H,25,28). The summed E-state index contributed by atoms with van der Waals surface area (Å²) in [7, 11) is 1.38. The summed E-state index contributed by atoms with van der Waals surface area (Å²) < 4.78 is 4.99. The highest BCUT2D eigenvalue weighted by molar-refractivity contribution is 6.01. The number of benzene rings is 2. The zero-order chi connectivity index (χ0) is 20.5. The fourth-order valence-electron chi connectivity index (χ4n) is 3.63. The lowest BCUT2D eigenvalue weighted by atomic mass is 10.1. The summed E-state index contributed by atoms with van der Waals surface area (Å²) in [6.45, 7) is 0. The first-order valence-electron chi connectivity index (χ1n) is 9.89. The van der Waals surface area contributed by atoms with Crippen molar-refractivity contribution in [1.29, 1.82) is 0 Å². The van der Waals surface area contributed by atoms with Gasteiger partial charge >= 0.3 is 5.97 Å². The van der Waals surface area contributed by atoms with Gasteiger partial charge in [-0.15, -0.1) is 0 Å². The van der Waals surface area contributed by atoms with Crippen LogP contribution in [0.15, 0.2) is 67.1 Å². The molecule has 1 fully saturated rings. The third-order valence-electron chi connectivity index (χ3n) is 5.33. The summed E-state index contributed by atoms with van der Waals surface area (Å²) in [6, 6.07) is 17.7. The van der Waals surface area contributed by atoms with Crippen molar-refractivity contribution in [2.45, 2.75) is 18.8 Å². The number of methoxy groups -OCH3 is 1. The van der Waals surface area contributed by atoms with E-state index in [9.17, 15) is 4.79 Å². The van der Waals surface area contributed by atoms with Gasteiger partial charge in [-0.25, -0.2) is 19.7 Å². The first kappa shape index (κ1) is 18.2. The van der Waals surface area contributed by atoms with Crippen LogP contribution in [0.2, 0.25) is 0 Å². The van der Waals surface area contributed by atoms with E-state index in [1.807, 2.05) is 60.8 Å². The van der Waals surface area contributed by atoms with Gasteiger partial charge in [0, 0.05) is 17.1 Å². The van der Waals surface area contributed by atoms with Crippen LogP contribution in [0, 0.1) is 0 Å². The molecule has 4 aromatic rings. The Balaban J connectivity index is 1.59. The molecule has 6 nitrogen and oxygen atoms in total. The molecule has 1 aliphatic carbocycles. The van der Waals surface area contributed by atoms with Crippen LogP contribution in [0.5, 0.6) is 0 Å². The van der Waals surface area contributed by atoms with Gasteiger partial charge in [0.2, 0.25) is 0 Å². The summed E-state index contributed by atoms with van der Waals surface area (Å²) in [6.07, 6.45) is 5.66. The molecule has 0 unspecified atom stereocenters. The van der Waals surface area contributed by atoms with Gasteiger partial charge in [-0.05, 0) is 36.5 Å². The Bertz CT molecular complexity index is 1240. The molecule has 1 aliphatic rings. The molecule has 6 heteroatoms. The van der Waals surface area contributed by atoms with Crippen molar-refractivity contribution in [1.82, 2.24) is 15.0 Å². The minimum atomic E-state index is -0.410. The second-order valence-electron chi connectivity index (χ2n) is 7.35. The maximum atomic E-state index is 12.4. The van der Waals surface area contributed by atoms with Gasteiger partial charge in [0.05, 0.1) is 24.0 Å². The molecule has 0 radical (unpaired) electrons. The number of pyridine rings is 1. The van der Waals surface area contributed by atoms with Crippen molar-refractivity contribution < 1.29 is 9.53 Å². The molecule has 2 aromatic heterocycles. The van der Waals surface area contributed by atoms with Crippen LogP contribution in [0.1, 0.15) is 34.7 Å². The molecule has 0 spiro atoms. The predicted octanol–water partition coefficient (Wildman–Crippen LogP) is 5.10. The molecular formula is C24H20N4O2. The van der Waals surface area contributed by atoms with Crippen LogP contribution >= 0.6 is 0 Å². The monoisotopic (exact) mass is 396 g/mol. The number of carbonyl (C=O) groups excluding carboxylic acids is 1. The number of aromatic nitrogens is 3. The fourth-order valence-corrected chi connectivity index (χ4v) is 3.63. The Morgan fingerprint density at radius 3 is 2.63 bits per heavy atom. The molecule has 2 heterocycles. The van der Waals surface area contributed by atoms with E-state index in [0.29, 0.717) is 17.3 Å². The van der Waals surface area contributed by atoms with Crippen molar-refractivity contribution in [3.63, 3.8) is 0 Å². The molecule has 30 heavy (non-hydrogen) atoms. The van der Waals surface area contributed by atoms with Crippen molar-refractivity contribution >= 4 is 28.4 Å². The number of hydrogen-bond donors (Lipinski definition) is 1. The van der Waals surface area contributed by atoms with Crippen LogP contribution in [-0.4, -0.2) is 28.0 Å². The fraction of sp³-hybridized carbons (Fsp3) is 0.167. The quantitative estimate of drug-likeness (QED) is 0.473. The van der Waals surface area contributed by atoms with Crippen LogP contribution in [0.25, 0.3) is 22.2 Å². The second-order valence-corrected chi connectivity index (χ2v) is 7.35. The smallest absolute Gasteiger partial charge is 0.341 e. The molecule has 0 amide bonds. The number of fused-ring (bicyclic) bond motifs is 1. The number of carbonyl (C=O) groups is 1. The van der Waals surface area contributed by atoms with Gasteiger partial charge in [-0.1, -0.05) is 42.5 Å². The van der Waals surface area contributed by atoms with Crippen LogP contribution in [0.3, 0.4) is 0 Å². The normalized spacial score (nSPS) is 13.2. The van der Waals surface area contributed by atoms with Crippen molar-refractivity contribution in [3.8, 4) is 11.3 Å². The summed E-state index contributed by atoms with van der Waals surface area (Å²) in [4.78, 5) is 25.9. The SMILES string of the molecule is COC(=O)c1cc(C2CC2)cnc1Nc1cccc2c(-c3ccccc3)ncnc12. The van der Waals surface area contributed by atoms with Crippen LogP contribution in [-0.2, 0) is 4.74 Å². The molecule has 1 N–H and O–H groups in total. The first-order chi connectivity index (χ1) is 14.7. The number of para-hydroxylation sites is 1. The van der Waals surface area contributed by atoms with E-state index in [-0.39, 0.29) is 0 Å². The largest absolute Gasteiger partial charge is 0.465 e. The highest BCUT2D eigenvalue weighted by Gasteiger charge is 2.26. The molecule has 0 aliphatic heterocycles. The predicted molar refractivity (Wildman–Crippen MR) is 116 cm³/mol. The summed E-state index contributed by atoms with van der Waals surface area (Å²) in [5.41, 5.74) is 4.89. The third kappa shape index (κ3) is 3.37. The Hall–Kier alpha value is -3.80. The minimum Gasteiger partial charge on any atom is -0.465 e. The molecule has 2 aromatic carbocycles. The molecule has 1 saturated carbocycles. The van der Waals surface area contributed by atoms with Crippen LogP contribution in [0.4, 0.5) is 11.5 Å². The lowest BCUT2D eigenvalue weighted by molar-refractivity contribution is 0.0601. The lowest BCUT2D eigenvalue weighted by Crippen LogP contribution is -2.08. The maximum Gasteiger partial charge on any atom is 0.341 e. The third-order valence-corrected chi connectivity index (χ3v) is 5.33. The zero-order valence-electron chi connectivity index (χ0n) is 16.5. The van der Waals surface area contributed by atoms with E-state index in [1.54, 1.807) is 6.33 Å². The number of ether oxygens (including phenoxy) is 1. The molecule has 0 bridgehead atoms.